The topological polar surface area (TPSA) is 61.1 Å². The summed E-state index contributed by atoms with van der Waals surface area (Å²) in [7, 11) is 3.24. The van der Waals surface area contributed by atoms with Gasteiger partial charge in [-0.2, -0.15) is 0 Å². The van der Waals surface area contributed by atoms with Crippen LogP contribution in [0.2, 0.25) is 0 Å². The van der Waals surface area contributed by atoms with Crippen molar-refractivity contribution < 1.29 is 23.4 Å². The highest BCUT2D eigenvalue weighted by atomic mass is 16.5. The van der Waals surface area contributed by atoms with E-state index in [0.717, 1.165) is 23.3 Å². The molecule has 0 saturated carbocycles. The summed E-state index contributed by atoms with van der Waals surface area (Å²) in [6.07, 6.45) is 0.876. The molecule has 0 aliphatic carbocycles. The van der Waals surface area contributed by atoms with Crippen molar-refractivity contribution in [2.75, 3.05) is 20.8 Å². The first kappa shape index (κ1) is 20.8. The molecule has 0 fully saturated rings. The van der Waals surface area contributed by atoms with Gasteiger partial charge in [0, 0.05) is 18.7 Å². The fraction of sp³-hybridized carbons (Fsp3) is 0.320. The minimum Gasteiger partial charge on any atom is -0.493 e. The Morgan fingerprint density at radius 2 is 1.65 bits per heavy atom. The average molecular weight is 421 g/mol. The number of hydrogen-bond acceptors (Lipinski definition) is 5. The van der Waals surface area contributed by atoms with E-state index in [1.54, 1.807) is 25.2 Å². The standard InChI is InChI=1S/C25H27NO5/c1-16(2)30-20-7-5-17(6-8-20)21-9-10-22(31-21)25(27)26-12-11-18-13-23(28-3)24(29-4)14-19(18)15-26/h5-10,13-14,16H,11-12,15H2,1-4H3. The van der Waals surface area contributed by atoms with Crippen molar-refractivity contribution >= 4 is 5.91 Å². The van der Waals surface area contributed by atoms with Gasteiger partial charge in [0.05, 0.1) is 20.3 Å². The lowest BCUT2D eigenvalue weighted by Gasteiger charge is -2.29. The molecular formula is C25H27NO5. The van der Waals surface area contributed by atoms with Crippen molar-refractivity contribution in [1.29, 1.82) is 0 Å². The first-order chi connectivity index (χ1) is 15.0. The van der Waals surface area contributed by atoms with Gasteiger partial charge in [-0.1, -0.05) is 0 Å². The molecule has 3 aromatic rings. The lowest BCUT2D eigenvalue weighted by Crippen LogP contribution is -2.35. The molecule has 31 heavy (non-hydrogen) atoms. The lowest BCUT2D eigenvalue weighted by atomic mass is 9.98. The molecular weight excluding hydrogens is 394 g/mol. The largest absolute Gasteiger partial charge is 0.493 e. The summed E-state index contributed by atoms with van der Waals surface area (Å²) in [6.45, 7) is 5.11. The summed E-state index contributed by atoms with van der Waals surface area (Å²) in [4.78, 5) is 14.9. The summed E-state index contributed by atoms with van der Waals surface area (Å²) in [5.41, 5.74) is 3.13. The molecule has 0 atom stereocenters. The molecule has 1 aliphatic heterocycles. The zero-order chi connectivity index (χ0) is 22.0. The van der Waals surface area contributed by atoms with Crippen LogP contribution in [-0.4, -0.2) is 37.7 Å². The smallest absolute Gasteiger partial charge is 0.289 e. The van der Waals surface area contributed by atoms with E-state index in [4.69, 9.17) is 18.6 Å². The Bertz CT molecular complexity index is 1070. The van der Waals surface area contributed by atoms with Gasteiger partial charge in [0.25, 0.3) is 5.91 Å². The van der Waals surface area contributed by atoms with Crippen LogP contribution in [0.3, 0.4) is 0 Å². The predicted molar refractivity (Wildman–Crippen MR) is 118 cm³/mol. The highest BCUT2D eigenvalue weighted by Gasteiger charge is 2.25. The van der Waals surface area contributed by atoms with Crippen molar-refractivity contribution in [3.63, 3.8) is 0 Å². The summed E-state index contributed by atoms with van der Waals surface area (Å²) < 4.78 is 22.4. The third kappa shape index (κ3) is 4.38. The Kier molecular flexibility index (Phi) is 5.89. The molecule has 0 N–H and O–H groups in total. The van der Waals surface area contributed by atoms with Crippen LogP contribution in [0.4, 0.5) is 0 Å². The van der Waals surface area contributed by atoms with Crippen LogP contribution < -0.4 is 14.2 Å². The van der Waals surface area contributed by atoms with E-state index < -0.39 is 0 Å². The SMILES string of the molecule is COc1cc2c(cc1OC)CN(C(=O)c1ccc(-c3ccc(OC(C)C)cc3)o1)CC2. The second-order valence-corrected chi connectivity index (χ2v) is 7.81. The van der Waals surface area contributed by atoms with Crippen molar-refractivity contribution in [3.05, 3.63) is 65.4 Å². The van der Waals surface area contributed by atoms with Crippen LogP contribution in [0.15, 0.2) is 52.9 Å². The van der Waals surface area contributed by atoms with Gasteiger partial charge in [0.2, 0.25) is 0 Å². The first-order valence-electron chi connectivity index (χ1n) is 10.4. The number of rotatable bonds is 6. The minimum atomic E-state index is -0.119. The quantitative estimate of drug-likeness (QED) is 0.564. The number of ether oxygens (including phenoxy) is 3. The van der Waals surface area contributed by atoms with Gasteiger partial charge in [-0.15, -0.1) is 0 Å². The number of nitrogens with zero attached hydrogens (tertiary/aromatic N) is 1. The number of carbonyl (C=O) groups excluding carboxylic acids is 1. The average Bonchev–Trinajstić information content (AvgIpc) is 3.27. The molecule has 0 bridgehead atoms. The number of furan rings is 1. The molecule has 1 aliphatic rings. The highest BCUT2D eigenvalue weighted by molar-refractivity contribution is 5.92. The van der Waals surface area contributed by atoms with Gasteiger partial charge in [-0.25, -0.2) is 0 Å². The van der Waals surface area contributed by atoms with Crippen molar-refractivity contribution in [3.8, 4) is 28.6 Å². The Labute approximate surface area is 182 Å². The second-order valence-electron chi connectivity index (χ2n) is 7.81. The predicted octanol–water partition coefficient (Wildman–Crippen LogP) is 4.95. The number of fused-ring (bicyclic) bond motifs is 1. The van der Waals surface area contributed by atoms with Crippen LogP contribution in [0, 0.1) is 0 Å². The Morgan fingerprint density at radius 3 is 2.29 bits per heavy atom. The molecule has 2 aromatic carbocycles. The normalized spacial score (nSPS) is 13.1. The van der Waals surface area contributed by atoms with Gasteiger partial charge in [-0.05, 0) is 79.9 Å². The molecule has 1 amide bonds. The summed E-state index contributed by atoms with van der Waals surface area (Å²) >= 11 is 0. The van der Waals surface area contributed by atoms with Crippen LogP contribution >= 0.6 is 0 Å². The van der Waals surface area contributed by atoms with Gasteiger partial charge < -0.3 is 23.5 Å². The number of benzene rings is 2. The van der Waals surface area contributed by atoms with Gasteiger partial charge in [-0.3, -0.25) is 4.79 Å². The Balaban J connectivity index is 1.49. The van der Waals surface area contributed by atoms with Gasteiger partial charge in [0.15, 0.2) is 17.3 Å². The van der Waals surface area contributed by atoms with E-state index >= 15 is 0 Å². The lowest BCUT2D eigenvalue weighted by molar-refractivity contribution is 0.0703. The van der Waals surface area contributed by atoms with E-state index in [1.807, 2.05) is 56.3 Å². The van der Waals surface area contributed by atoms with E-state index in [-0.39, 0.29) is 12.0 Å². The van der Waals surface area contributed by atoms with E-state index in [1.165, 1.54) is 5.56 Å². The van der Waals surface area contributed by atoms with E-state index in [2.05, 4.69) is 0 Å². The van der Waals surface area contributed by atoms with E-state index in [9.17, 15) is 4.79 Å². The molecule has 0 radical (unpaired) electrons. The number of hydrogen-bond donors (Lipinski definition) is 0. The van der Waals surface area contributed by atoms with Crippen LogP contribution in [-0.2, 0) is 13.0 Å². The molecule has 1 aromatic heterocycles. The van der Waals surface area contributed by atoms with Crippen molar-refractivity contribution in [2.45, 2.75) is 32.9 Å². The molecule has 4 rings (SSSR count). The maximum atomic E-state index is 13.1. The maximum absolute atomic E-state index is 13.1. The Morgan fingerprint density at radius 1 is 0.968 bits per heavy atom. The first-order valence-corrected chi connectivity index (χ1v) is 10.4. The van der Waals surface area contributed by atoms with Crippen LogP contribution in [0.5, 0.6) is 17.2 Å². The summed E-state index contributed by atoms with van der Waals surface area (Å²) in [6, 6.07) is 15.2. The molecule has 6 nitrogen and oxygen atoms in total. The number of methoxy groups -OCH3 is 2. The third-order valence-electron chi connectivity index (χ3n) is 5.33. The molecule has 0 saturated heterocycles. The van der Waals surface area contributed by atoms with Gasteiger partial charge >= 0.3 is 0 Å². The number of amides is 1. The molecule has 0 unspecified atom stereocenters. The highest BCUT2D eigenvalue weighted by Crippen LogP contribution is 2.34. The Hall–Kier alpha value is -3.41. The molecule has 162 valence electrons. The minimum absolute atomic E-state index is 0.119. The van der Waals surface area contributed by atoms with Crippen LogP contribution in [0.25, 0.3) is 11.3 Å². The fourth-order valence-corrected chi connectivity index (χ4v) is 3.79. The summed E-state index contributed by atoms with van der Waals surface area (Å²) in [5, 5.41) is 0. The van der Waals surface area contributed by atoms with Gasteiger partial charge in [0.1, 0.15) is 11.5 Å². The molecule has 2 heterocycles. The fourth-order valence-electron chi connectivity index (χ4n) is 3.79. The van der Waals surface area contributed by atoms with Crippen molar-refractivity contribution in [1.82, 2.24) is 4.90 Å². The zero-order valence-electron chi connectivity index (χ0n) is 18.3. The number of carbonyl (C=O) groups is 1. The second kappa shape index (κ2) is 8.76. The van der Waals surface area contributed by atoms with Crippen LogP contribution in [0.1, 0.15) is 35.5 Å². The third-order valence-corrected chi connectivity index (χ3v) is 5.33. The van der Waals surface area contributed by atoms with Crippen molar-refractivity contribution in [2.24, 2.45) is 0 Å². The zero-order valence-corrected chi connectivity index (χ0v) is 18.3. The molecule has 0 spiro atoms. The maximum Gasteiger partial charge on any atom is 0.289 e. The van der Waals surface area contributed by atoms with E-state index in [0.29, 0.717) is 36.1 Å². The monoisotopic (exact) mass is 421 g/mol. The summed E-state index contributed by atoms with van der Waals surface area (Å²) in [5.74, 6) is 3.05. The molecule has 6 heteroatoms.